The second-order valence-corrected chi connectivity index (χ2v) is 8.86. The number of nitrogens with zero attached hydrogens (tertiary/aromatic N) is 3. The molecule has 0 amide bonds. The molecule has 0 unspecified atom stereocenters. The maximum atomic E-state index is 5.01. The smallest absolute Gasteiger partial charge is 0.0788 e. The minimum atomic E-state index is 0.687. The summed E-state index contributed by atoms with van der Waals surface area (Å²) in [5.74, 6) is 0.687. The Morgan fingerprint density at radius 1 is 1.06 bits per heavy atom. The zero-order valence-corrected chi connectivity index (χ0v) is 17.8. The molecule has 0 radical (unpaired) electrons. The molecule has 154 valence electrons. The van der Waals surface area contributed by atoms with Crippen molar-refractivity contribution in [3.63, 3.8) is 0 Å². The Kier molecular flexibility index (Phi) is 4.46. The van der Waals surface area contributed by atoms with Crippen LogP contribution >= 0.6 is 0 Å². The van der Waals surface area contributed by atoms with Crippen molar-refractivity contribution >= 4 is 17.1 Å². The van der Waals surface area contributed by atoms with Gasteiger partial charge in [0.1, 0.15) is 0 Å². The summed E-state index contributed by atoms with van der Waals surface area (Å²) < 4.78 is 2.39. The van der Waals surface area contributed by atoms with Crippen molar-refractivity contribution in [3.05, 3.63) is 77.6 Å². The van der Waals surface area contributed by atoms with E-state index in [-0.39, 0.29) is 0 Å². The number of benzene rings is 2. The lowest BCUT2D eigenvalue weighted by molar-refractivity contribution is 0.491. The number of aliphatic imine (C=N–C) groups is 1. The molecule has 4 aromatic rings. The summed E-state index contributed by atoms with van der Waals surface area (Å²) in [7, 11) is 0. The first-order valence-electron chi connectivity index (χ1n) is 11.1. The van der Waals surface area contributed by atoms with Gasteiger partial charge in [-0.3, -0.25) is 9.98 Å². The maximum Gasteiger partial charge on any atom is 0.0788 e. The van der Waals surface area contributed by atoms with Crippen LogP contribution in [0.2, 0.25) is 0 Å². The summed E-state index contributed by atoms with van der Waals surface area (Å²) in [4.78, 5) is 9.46. The predicted octanol–water partition coefficient (Wildman–Crippen LogP) is 5.22. The molecule has 0 saturated carbocycles. The monoisotopic (exact) mass is 406 g/mol. The highest BCUT2D eigenvalue weighted by atomic mass is 15.0. The van der Waals surface area contributed by atoms with Crippen molar-refractivity contribution in [1.29, 1.82) is 0 Å². The van der Waals surface area contributed by atoms with Gasteiger partial charge in [0, 0.05) is 35.5 Å². The van der Waals surface area contributed by atoms with Crippen molar-refractivity contribution in [2.45, 2.75) is 26.4 Å². The van der Waals surface area contributed by atoms with E-state index in [1.807, 2.05) is 6.21 Å². The van der Waals surface area contributed by atoms with Crippen LogP contribution in [-0.4, -0.2) is 28.9 Å². The molecule has 1 saturated heterocycles. The summed E-state index contributed by atoms with van der Waals surface area (Å²) in [5.41, 5.74) is 9.62. The highest BCUT2D eigenvalue weighted by molar-refractivity contribution is 6.02. The average Bonchev–Trinajstić information content (AvgIpc) is 3.55. The summed E-state index contributed by atoms with van der Waals surface area (Å²) in [6.07, 6.45) is 7.54. The van der Waals surface area contributed by atoms with Crippen molar-refractivity contribution < 1.29 is 0 Å². The molecule has 2 aromatic carbocycles. The van der Waals surface area contributed by atoms with Crippen LogP contribution in [0, 0.1) is 12.8 Å². The maximum absolute atomic E-state index is 5.01. The van der Waals surface area contributed by atoms with Crippen LogP contribution in [0.4, 0.5) is 0 Å². The fourth-order valence-corrected chi connectivity index (χ4v) is 4.94. The molecule has 4 nitrogen and oxygen atoms in total. The summed E-state index contributed by atoms with van der Waals surface area (Å²) >= 11 is 0. The van der Waals surface area contributed by atoms with Crippen LogP contribution < -0.4 is 5.32 Å². The molecule has 6 rings (SSSR count). The third-order valence-corrected chi connectivity index (χ3v) is 6.70. The Hall–Kier alpha value is -3.24. The van der Waals surface area contributed by atoms with E-state index in [4.69, 9.17) is 4.98 Å². The van der Waals surface area contributed by atoms with E-state index in [0.717, 1.165) is 37.4 Å². The van der Waals surface area contributed by atoms with Gasteiger partial charge in [-0.05, 0) is 61.2 Å². The van der Waals surface area contributed by atoms with Gasteiger partial charge < -0.3 is 9.88 Å². The number of aromatic nitrogens is 2. The van der Waals surface area contributed by atoms with Gasteiger partial charge in [0.2, 0.25) is 0 Å². The molecular formula is C27H26N4. The first-order chi connectivity index (χ1) is 15.3. The van der Waals surface area contributed by atoms with Crippen molar-refractivity contribution in [2.24, 2.45) is 10.9 Å². The minimum absolute atomic E-state index is 0.687. The van der Waals surface area contributed by atoms with E-state index in [9.17, 15) is 0 Å². The Morgan fingerprint density at radius 2 is 1.94 bits per heavy atom. The fraction of sp³-hybridized carbons (Fsp3) is 0.259. The molecule has 0 spiro atoms. The molecule has 0 bridgehead atoms. The third kappa shape index (κ3) is 3.28. The minimum Gasteiger partial charge on any atom is -0.346 e. The zero-order valence-electron chi connectivity index (χ0n) is 17.8. The first kappa shape index (κ1) is 18.5. The normalized spacial score (nSPS) is 17.5. The SMILES string of the molecule is Cc1ccc(-c2ncc3c(ccn3C[C@@H]3CCNC3)c2-c2ccc3c(c2)C=NC3)cc1. The van der Waals surface area contributed by atoms with Crippen LogP contribution in [0.5, 0.6) is 0 Å². The van der Waals surface area contributed by atoms with Crippen LogP contribution in [0.1, 0.15) is 23.1 Å². The van der Waals surface area contributed by atoms with E-state index in [1.54, 1.807) is 0 Å². The average molecular weight is 407 g/mol. The number of fused-ring (bicyclic) bond motifs is 2. The predicted molar refractivity (Wildman–Crippen MR) is 128 cm³/mol. The number of rotatable bonds is 4. The van der Waals surface area contributed by atoms with Crippen molar-refractivity contribution in [3.8, 4) is 22.4 Å². The van der Waals surface area contributed by atoms with Gasteiger partial charge in [-0.1, -0.05) is 42.0 Å². The van der Waals surface area contributed by atoms with Gasteiger partial charge in [0.25, 0.3) is 0 Å². The standard InChI is InChI=1S/C27H26N4/c1-18-2-4-20(5-3-18)27-26(21-6-7-22-14-29-15-23(22)12-21)24-9-11-31(25(24)16-30-27)17-19-8-10-28-13-19/h2-7,9,11-12,15-16,19,28H,8,10,13-14,17H2,1H3/t19-/m1/s1. The van der Waals surface area contributed by atoms with Crippen molar-refractivity contribution in [1.82, 2.24) is 14.9 Å². The number of hydrogen-bond acceptors (Lipinski definition) is 3. The molecule has 2 aromatic heterocycles. The summed E-state index contributed by atoms with van der Waals surface area (Å²) in [6, 6.07) is 17.7. The van der Waals surface area contributed by atoms with Gasteiger partial charge in [-0.25, -0.2) is 0 Å². The molecule has 4 heterocycles. The molecule has 1 atom stereocenters. The lowest BCUT2D eigenvalue weighted by Crippen LogP contribution is -2.14. The highest BCUT2D eigenvalue weighted by Crippen LogP contribution is 2.38. The number of hydrogen-bond donors (Lipinski definition) is 1. The van der Waals surface area contributed by atoms with Crippen LogP contribution in [0.3, 0.4) is 0 Å². The van der Waals surface area contributed by atoms with Gasteiger partial charge in [-0.15, -0.1) is 0 Å². The van der Waals surface area contributed by atoms with Crippen molar-refractivity contribution in [2.75, 3.05) is 13.1 Å². The lowest BCUT2D eigenvalue weighted by atomic mass is 9.94. The molecule has 1 fully saturated rings. The first-order valence-corrected chi connectivity index (χ1v) is 11.1. The highest BCUT2D eigenvalue weighted by Gasteiger charge is 2.20. The van der Waals surface area contributed by atoms with E-state index in [0.29, 0.717) is 5.92 Å². The largest absolute Gasteiger partial charge is 0.346 e. The quantitative estimate of drug-likeness (QED) is 0.505. The van der Waals surface area contributed by atoms with E-state index < -0.39 is 0 Å². The number of pyridine rings is 1. The number of nitrogens with one attached hydrogen (secondary N) is 1. The molecule has 2 aliphatic rings. The molecule has 31 heavy (non-hydrogen) atoms. The molecule has 4 heteroatoms. The molecule has 1 N–H and O–H groups in total. The molecular weight excluding hydrogens is 380 g/mol. The molecule has 0 aliphatic carbocycles. The van der Waals surface area contributed by atoms with Gasteiger partial charge in [0.05, 0.1) is 24.0 Å². The van der Waals surface area contributed by atoms with Crippen LogP contribution in [0.25, 0.3) is 33.3 Å². The van der Waals surface area contributed by atoms with E-state index in [2.05, 4.69) is 82.7 Å². The summed E-state index contributed by atoms with van der Waals surface area (Å²) in [6.45, 7) is 6.18. The Labute approximate surface area is 182 Å². The second-order valence-electron chi connectivity index (χ2n) is 8.86. The Bertz CT molecular complexity index is 1290. The summed E-state index contributed by atoms with van der Waals surface area (Å²) in [5, 5.41) is 4.76. The lowest BCUT2D eigenvalue weighted by Gasteiger charge is -2.15. The van der Waals surface area contributed by atoms with Crippen LogP contribution in [0.15, 0.2) is 65.9 Å². The fourth-order valence-electron chi connectivity index (χ4n) is 4.94. The second kappa shape index (κ2) is 7.47. The van der Waals surface area contributed by atoms with Gasteiger partial charge in [-0.2, -0.15) is 0 Å². The number of aryl methyl sites for hydroxylation is 1. The van der Waals surface area contributed by atoms with Gasteiger partial charge >= 0.3 is 0 Å². The zero-order chi connectivity index (χ0) is 20.8. The molecule has 2 aliphatic heterocycles. The third-order valence-electron chi connectivity index (χ3n) is 6.70. The van der Waals surface area contributed by atoms with E-state index >= 15 is 0 Å². The Morgan fingerprint density at radius 3 is 2.77 bits per heavy atom. The van der Waals surface area contributed by atoms with E-state index in [1.165, 1.54) is 45.1 Å². The topological polar surface area (TPSA) is 42.2 Å². The van der Waals surface area contributed by atoms with Gasteiger partial charge in [0.15, 0.2) is 0 Å². The van der Waals surface area contributed by atoms with Crippen LogP contribution in [-0.2, 0) is 13.1 Å². The Balaban J connectivity index is 1.54.